The number of nitrogens with zero attached hydrogens (tertiary/aromatic N) is 1. The zero-order chi connectivity index (χ0) is 18.4. The molecule has 0 aliphatic carbocycles. The Morgan fingerprint density at radius 1 is 1.26 bits per heavy atom. The number of benzene rings is 2. The first-order valence-corrected chi connectivity index (χ1v) is 8.74. The molecule has 0 aromatic heterocycles. The summed E-state index contributed by atoms with van der Waals surface area (Å²) in [4.78, 5) is 4.24. The van der Waals surface area contributed by atoms with Crippen LogP contribution in [0.25, 0.3) is 0 Å². The summed E-state index contributed by atoms with van der Waals surface area (Å²) >= 11 is 0. The standard InChI is InChI=1S/C20H25N3O3.HI/c1-21-20(22-10-9-14-7-8-16(25-2)12-18(14)24)23-13-17-11-15-5-3-4-6-19(15)26-17;/h3-8,12,17,24H,9-11,13H2,1-2H3,(H2,21,22,23);1H. The Kier molecular flexibility index (Phi) is 8.02. The Hall–Kier alpha value is -2.16. The third-order valence-corrected chi connectivity index (χ3v) is 4.41. The number of ether oxygens (including phenoxy) is 2. The van der Waals surface area contributed by atoms with Crippen molar-refractivity contribution in [3.63, 3.8) is 0 Å². The minimum atomic E-state index is 0. The minimum absolute atomic E-state index is 0. The van der Waals surface area contributed by atoms with Crippen molar-refractivity contribution in [1.82, 2.24) is 10.6 Å². The van der Waals surface area contributed by atoms with E-state index in [9.17, 15) is 5.11 Å². The average Bonchev–Trinajstić information content (AvgIpc) is 3.08. The fraction of sp³-hybridized carbons (Fsp3) is 0.350. The molecule has 3 rings (SSSR count). The number of hydrogen-bond donors (Lipinski definition) is 3. The second-order valence-electron chi connectivity index (χ2n) is 6.18. The van der Waals surface area contributed by atoms with Crippen LogP contribution in [-0.4, -0.2) is 44.4 Å². The number of fused-ring (bicyclic) bond motifs is 1. The largest absolute Gasteiger partial charge is 0.508 e. The van der Waals surface area contributed by atoms with Gasteiger partial charge in [0.05, 0.1) is 13.7 Å². The molecule has 2 aromatic carbocycles. The predicted octanol–water partition coefficient (Wildman–Crippen LogP) is 2.73. The third kappa shape index (κ3) is 5.66. The maximum absolute atomic E-state index is 10.0. The number of phenols is 1. The van der Waals surface area contributed by atoms with Crippen LogP contribution in [0.2, 0.25) is 0 Å². The Labute approximate surface area is 177 Å². The second-order valence-corrected chi connectivity index (χ2v) is 6.18. The molecule has 1 aliphatic heterocycles. The van der Waals surface area contributed by atoms with Crippen molar-refractivity contribution >= 4 is 29.9 Å². The normalized spacial score (nSPS) is 15.3. The van der Waals surface area contributed by atoms with E-state index in [0.717, 1.165) is 23.7 Å². The Bertz CT molecular complexity index is 758. The molecule has 1 heterocycles. The van der Waals surface area contributed by atoms with Gasteiger partial charge in [-0.2, -0.15) is 0 Å². The van der Waals surface area contributed by atoms with Crippen molar-refractivity contribution in [3.8, 4) is 17.2 Å². The smallest absolute Gasteiger partial charge is 0.191 e. The highest BCUT2D eigenvalue weighted by Crippen LogP contribution is 2.27. The van der Waals surface area contributed by atoms with Crippen molar-refractivity contribution in [1.29, 1.82) is 0 Å². The highest BCUT2D eigenvalue weighted by atomic mass is 127. The van der Waals surface area contributed by atoms with E-state index in [-0.39, 0.29) is 35.8 Å². The van der Waals surface area contributed by atoms with Crippen LogP contribution in [0.5, 0.6) is 17.2 Å². The van der Waals surface area contributed by atoms with Gasteiger partial charge in [-0.1, -0.05) is 24.3 Å². The molecular formula is C20H26IN3O3. The topological polar surface area (TPSA) is 75.1 Å². The highest BCUT2D eigenvalue weighted by Gasteiger charge is 2.22. The fourth-order valence-electron chi connectivity index (χ4n) is 3.00. The van der Waals surface area contributed by atoms with Gasteiger partial charge in [0.1, 0.15) is 23.4 Å². The summed E-state index contributed by atoms with van der Waals surface area (Å²) < 4.78 is 11.0. The number of methoxy groups -OCH3 is 1. The Morgan fingerprint density at radius 2 is 2.07 bits per heavy atom. The number of aliphatic imine (C=N–C) groups is 1. The van der Waals surface area contributed by atoms with Crippen LogP contribution in [0.15, 0.2) is 47.5 Å². The van der Waals surface area contributed by atoms with Crippen molar-refractivity contribution < 1.29 is 14.6 Å². The van der Waals surface area contributed by atoms with Gasteiger partial charge in [-0.25, -0.2) is 0 Å². The van der Waals surface area contributed by atoms with Crippen molar-refractivity contribution in [3.05, 3.63) is 53.6 Å². The van der Waals surface area contributed by atoms with E-state index in [4.69, 9.17) is 9.47 Å². The number of phenolic OH excluding ortho intramolecular Hbond substituents is 1. The van der Waals surface area contributed by atoms with Crippen LogP contribution in [0.1, 0.15) is 11.1 Å². The monoisotopic (exact) mass is 483 g/mol. The zero-order valence-corrected chi connectivity index (χ0v) is 17.9. The Morgan fingerprint density at radius 3 is 2.78 bits per heavy atom. The summed E-state index contributed by atoms with van der Waals surface area (Å²) in [5, 5.41) is 16.6. The molecular weight excluding hydrogens is 457 g/mol. The van der Waals surface area contributed by atoms with Crippen molar-refractivity contribution in [2.45, 2.75) is 18.9 Å². The first-order chi connectivity index (χ1) is 12.7. The highest BCUT2D eigenvalue weighted by molar-refractivity contribution is 14.0. The van der Waals surface area contributed by atoms with E-state index in [1.54, 1.807) is 20.2 Å². The predicted molar refractivity (Wildman–Crippen MR) is 118 cm³/mol. The molecule has 7 heteroatoms. The first-order valence-electron chi connectivity index (χ1n) is 8.74. The molecule has 0 bridgehead atoms. The fourth-order valence-corrected chi connectivity index (χ4v) is 3.00. The SMILES string of the molecule is CN=C(NCCc1ccc(OC)cc1O)NCC1Cc2ccccc2O1.I. The number of aromatic hydroxyl groups is 1. The summed E-state index contributed by atoms with van der Waals surface area (Å²) in [6, 6.07) is 13.5. The van der Waals surface area contributed by atoms with Gasteiger partial charge in [0, 0.05) is 26.1 Å². The lowest BCUT2D eigenvalue weighted by Crippen LogP contribution is -2.42. The van der Waals surface area contributed by atoms with Crippen LogP contribution < -0.4 is 20.1 Å². The van der Waals surface area contributed by atoms with Crippen molar-refractivity contribution in [2.24, 2.45) is 4.99 Å². The number of nitrogens with one attached hydrogen (secondary N) is 2. The molecule has 0 fully saturated rings. The van der Waals surface area contributed by atoms with E-state index >= 15 is 0 Å². The van der Waals surface area contributed by atoms with E-state index in [2.05, 4.69) is 21.7 Å². The van der Waals surface area contributed by atoms with E-state index < -0.39 is 0 Å². The minimum Gasteiger partial charge on any atom is -0.508 e. The van der Waals surface area contributed by atoms with Gasteiger partial charge in [-0.05, 0) is 29.7 Å². The summed E-state index contributed by atoms with van der Waals surface area (Å²) in [7, 11) is 3.32. The van der Waals surface area contributed by atoms with Gasteiger partial charge >= 0.3 is 0 Å². The first kappa shape index (κ1) is 21.1. The van der Waals surface area contributed by atoms with Gasteiger partial charge in [-0.3, -0.25) is 4.99 Å². The molecule has 0 spiro atoms. The molecule has 27 heavy (non-hydrogen) atoms. The maximum atomic E-state index is 10.0. The molecule has 0 saturated carbocycles. The van der Waals surface area contributed by atoms with Crippen LogP contribution in [0.3, 0.4) is 0 Å². The van der Waals surface area contributed by atoms with Crippen LogP contribution in [0.4, 0.5) is 0 Å². The van der Waals surface area contributed by atoms with Gasteiger partial charge in [0.15, 0.2) is 5.96 Å². The molecule has 0 saturated heterocycles. The van der Waals surface area contributed by atoms with Crippen LogP contribution in [-0.2, 0) is 12.8 Å². The lowest BCUT2D eigenvalue weighted by molar-refractivity contribution is 0.235. The summed E-state index contributed by atoms with van der Waals surface area (Å²) in [6.45, 7) is 1.34. The van der Waals surface area contributed by atoms with Crippen LogP contribution >= 0.6 is 24.0 Å². The number of rotatable bonds is 6. The quantitative estimate of drug-likeness (QED) is 0.335. The molecule has 3 N–H and O–H groups in total. The molecule has 1 unspecified atom stereocenters. The van der Waals surface area contributed by atoms with Crippen molar-refractivity contribution in [2.75, 3.05) is 27.2 Å². The molecule has 2 aromatic rings. The summed E-state index contributed by atoms with van der Waals surface area (Å²) in [6.07, 6.45) is 1.69. The zero-order valence-electron chi connectivity index (χ0n) is 15.6. The van der Waals surface area contributed by atoms with E-state index in [0.29, 0.717) is 25.3 Å². The average molecular weight is 483 g/mol. The molecule has 0 radical (unpaired) electrons. The number of para-hydroxylation sites is 1. The molecule has 1 aliphatic rings. The summed E-state index contributed by atoms with van der Waals surface area (Å²) in [5.74, 6) is 2.58. The lowest BCUT2D eigenvalue weighted by Gasteiger charge is -2.16. The van der Waals surface area contributed by atoms with Gasteiger partial charge < -0.3 is 25.2 Å². The molecule has 146 valence electrons. The molecule has 6 nitrogen and oxygen atoms in total. The van der Waals surface area contributed by atoms with Crippen LogP contribution in [0, 0.1) is 0 Å². The van der Waals surface area contributed by atoms with Gasteiger partial charge in [0.2, 0.25) is 0 Å². The lowest BCUT2D eigenvalue weighted by atomic mass is 10.1. The van der Waals surface area contributed by atoms with E-state index in [1.165, 1.54) is 5.56 Å². The van der Waals surface area contributed by atoms with Gasteiger partial charge in [0.25, 0.3) is 0 Å². The maximum Gasteiger partial charge on any atom is 0.191 e. The Balaban J connectivity index is 0.00000261. The third-order valence-electron chi connectivity index (χ3n) is 4.41. The summed E-state index contributed by atoms with van der Waals surface area (Å²) in [5.41, 5.74) is 2.11. The number of guanidine groups is 1. The van der Waals surface area contributed by atoms with E-state index in [1.807, 2.05) is 30.3 Å². The number of halogens is 1. The molecule has 0 amide bonds. The molecule has 1 atom stereocenters. The van der Waals surface area contributed by atoms with Gasteiger partial charge in [-0.15, -0.1) is 24.0 Å². The number of hydrogen-bond acceptors (Lipinski definition) is 4. The second kappa shape index (κ2) is 10.2.